The zero-order valence-corrected chi connectivity index (χ0v) is 16.6. The molecule has 1 fully saturated rings. The Morgan fingerprint density at radius 3 is 2.40 bits per heavy atom. The minimum atomic E-state index is -0.690. The average Bonchev–Trinajstić information content (AvgIpc) is 2.45. The predicted octanol–water partition coefficient (Wildman–Crippen LogP) is 4.52. The van der Waals surface area contributed by atoms with E-state index in [4.69, 9.17) is 9.47 Å². The summed E-state index contributed by atoms with van der Waals surface area (Å²) >= 11 is 0. The second-order valence-corrected chi connectivity index (χ2v) is 8.64. The monoisotopic (exact) mass is 350 g/mol. The lowest BCUT2D eigenvalue weighted by atomic mass is 9.75. The summed E-state index contributed by atoms with van der Waals surface area (Å²) in [7, 11) is 0. The average molecular weight is 350 g/mol. The van der Waals surface area contributed by atoms with E-state index in [2.05, 4.69) is 20.8 Å². The quantitative estimate of drug-likeness (QED) is 0.540. The number of hydrogen-bond donors (Lipinski definition) is 0. The SMILES string of the molecule is CC(C)OC1=CC(=O)[C@H](C(=O)O[C@@H]2C[C@H](C)CC[C@H]2C(C)C)[C@@H](C)C1. The number of ketones is 1. The molecule has 0 heterocycles. The molecule has 5 atom stereocenters. The van der Waals surface area contributed by atoms with Gasteiger partial charge in [0.2, 0.25) is 0 Å². The molecule has 1 saturated carbocycles. The van der Waals surface area contributed by atoms with Crippen molar-refractivity contribution in [1.29, 1.82) is 0 Å². The molecule has 0 aliphatic heterocycles. The molecule has 0 unspecified atom stereocenters. The van der Waals surface area contributed by atoms with E-state index in [0.29, 0.717) is 29.9 Å². The molecule has 25 heavy (non-hydrogen) atoms. The third-order valence-electron chi connectivity index (χ3n) is 5.57. The van der Waals surface area contributed by atoms with Gasteiger partial charge < -0.3 is 9.47 Å². The highest BCUT2D eigenvalue weighted by Crippen LogP contribution is 2.37. The van der Waals surface area contributed by atoms with E-state index in [1.54, 1.807) is 0 Å². The molecule has 4 nitrogen and oxygen atoms in total. The molecule has 0 N–H and O–H groups in total. The highest BCUT2D eigenvalue weighted by atomic mass is 16.5. The molecule has 0 radical (unpaired) electrons. The number of ether oxygens (including phenoxy) is 2. The Hall–Kier alpha value is -1.32. The van der Waals surface area contributed by atoms with Crippen molar-refractivity contribution in [2.45, 2.75) is 79.4 Å². The van der Waals surface area contributed by atoms with Gasteiger partial charge in [-0.1, -0.05) is 34.1 Å². The first-order valence-electron chi connectivity index (χ1n) is 9.80. The standard InChI is InChI=1S/C21H34O4/c1-12(2)17-8-7-14(5)9-19(17)25-21(23)20-15(6)10-16(11-18(20)22)24-13(3)4/h11-15,17,19-20H,7-10H2,1-6H3/t14-,15+,17+,19-,20-/m1/s1. The van der Waals surface area contributed by atoms with Crippen LogP contribution in [0.2, 0.25) is 0 Å². The number of rotatable bonds is 5. The summed E-state index contributed by atoms with van der Waals surface area (Å²) in [6.45, 7) is 12.4. The highest BCUT2D eigenvalue weighted by molar-refractivity contribution is 6.06. The van der Waals surface area contributed by atoms with Gasteiger partial charge in [-0.2, -0.15) is 0 Å². The number of hydrogen-bond acceptors (Lipinski definition) is 4. The maximum absolute atomic E-state index is 12.8. The third kappa shape index (κ3) is 5.08. The fourth-order valence-corrected chi connectivity index (χ4v) is 4.23. The van der Waals surface area contributed by atoms with Crippen molar-refractivity contribution in [1.82, 2.24) is 0 Å². The number of esters is 1. The Balaban J connectivity index is 2.06. The van der Waals surface area contributed by atoms with Gasteiger partial charge in [-0.3, -0.25) is 9.59 Å². The minimum absolute atomic E-state index is 0.0327. The van der Waals surface area contributed by atoms with Crippen LogP contribution >= 0.6 is 0 Å². The van der Waals surface area contributed by atoms with Crippen molar-refractivity contribution >= 4 is 11.8 Å². The molecule has 2 aliphatic rings. The molecule has 4 heteroatoms. The van der Waals surface area contributed by atoms with Gasteiger partial charge >= 0.3 is 5.97 Å². The first-order valence-corrected chi connectivity index (χ1v) is 9.80. The normalized spacial score (nSPS) is 33.4. The Kier molecular flexibility index (Phi) is 6.70. The van der Waals surface area contributed by atoms with Crippen LogP contribution in [0.25, 0.3) is 0 Å². The number of allylic oxidation sites excluding steroid dienone is 2. The molecule has 0 saturated heterocycles. The van der Waals surface area contributed by atoms with Crippen molar-refractivity contribution in [3.63, 3.8) is 0 Å². The van der Waals surface area contributed by atoms with Gasteiger partial charge in [0.25, 0.3) is 0 Å². The van der Waals surface area contributed by atoms with Crippen LogP contribution in [0.5, 0.6) is 0 Å². The predicted molar refractivity (Wildman–Crippen MR) is 97.8 cm³/mol. The summed E-state index contributed by atoms with van der Waals surface area (Å²) in [5, 5.41) is 0. The van der Waals surface area contributed by atoms with E-state index < -0.39 is 5.92 Å². The second kappa shape index (κ2) is 8.37. The van der Waals surface area contributed by atoms with Crippen LogP contribution in [0, 0.1) is 29.6 Å². The second-order valence-electron chi connectivity index (χ2n) is 8.64. The lowest BCUT2D eigenvalue weighted by Crippen LogP contribution is -2.41. The first-order chi connectivity index (χ1) is 11.7. The fraction of sp³-hybridized carbons (Fsp3) is 0.810. The van der Waals surface area contributed by atoms with Crippen molar-refractivity contribution in [2.24, 2.45) is 29.6 Å². The van der Waals surface area contributed by atoms with Gasteiger partial charge in [0.15, 0.2) is 5.78 Å². The largest absolute Gasteiger partial charge is 0.495 e. The summed E-state index contributed by atoms with van der Waals surface area (Å²) < 4.78 is 11.6. The van der Waals surface area contributed by atoms with Gasteiger partial charge in [0.05, 0.1) is 6.10 Å². The molecule has 0 spiro atoms. The third-order valence-corrected chi connectivity index (χ3v) is 5.57. The summed E-state index contributed by atoms with van der Waals surface area (Å²) in [6.07, 6.45) is 5.26. The Morgan fingerprint density at radius 2 is 1.84 bits per heavy atom. The molecule has 2 aliphatic carbocycles. The van der Waals surface area contributed by atoms with Crippen molar-refractivity contribution in [3.8, 4) is 0 Å². The fourth-order valence-electron chi connectivity index (χ4n) is 4.23. The molecule has 0 aromatic heterocycles. The van der Waals surface area contributed by atoms with Gasteiger partial charge in [0, 0.05) is 12.5 Å². The lowest BCUT2D eigenvalue weighted by Gasteiger charge is -2.38. The Morgan fingerprint density at radius 1 is 1.16 bits per heavy atom. The first kappa shape index (κ1) is 20.0. The summed E-state index contributed by atoms with van der Waals surface area (Å²) in [4.78, 5) is 25.3. The smallest absolute Gasteiger partial charge is 0.317 e. The molecule has 2 rings (SSSR count). The molecular formula is C21H34O4. The maximum atomic E-state index is 12.8. The van der Waals surface area contributed by atoms with E-state index in [9.17, 15) is 9.59 Å². The van der Waals surface area contributed by atoms with Crippen LogP contribution in [0.3, 0.4) is 0 Å². The van der Waals surface area contributed by atoms with E-state index in [1.165, 1.54) is 12.5 Å². The van der Waals surface area contributed by atoms with Crippen LogP contribution in [-0.4, -0.2) is 24.0 Å². The van der Waals surface area contributed by atoms with Crippen molar-refractivity contribution in [2.75, 3.05) is 0 Å². The Bertz CT molecular complexity index is 520. The summed E-state index contributed by atoms with van der Waals surface area (Å²) in [5.74, 6) is 0.828. The van der Waals surface area contributed by atoms with Crippen molar-refractivity contribution in [3.05, 3.63) is 11.8 Å². The molecule has 0 aromatic rings. The summed E-state index contributed by atoms with van der Waals surface area (Å²) in [5.41, 5.74) is 0. The molecule has 142 valence electrons. The van der Waals surface area contributed by atoms with Gasteiger partial charge in [-0.05, 0) is 50.4 Å². The maximum Gasteiger partial charge on any atom is 0.317 e. The molecule has 0 bridgehead atoms. The number of carbonyl (C=O) groups excluding carboxylic acids is 2. The van der Waals surface area contributed by atoms with Crippen LogP contribution in [0.4, 0.5) is 0 Å². The zero-order chi connectivity index (χ0) is 18.7. The van der Waals surface area contributed by atoms with E-state index in [1.807, 2.05) is 20.8 Å². The Labute approximate surface area is 152 Å². The van der Waals surface area contributed by atoms with Gasteiger partial charge in [-0.15, -0.1) is 0 Å². The van der Waals surface area contributed by atoms with Crippen LogP contribution in [-0.2, 0) is 19.1 Å². The minimum Gasteiger partial charge on any atom is -0.495 e. The van der Waals surface area contributed by atoms with E-state index in [-0.39, 0.29) is 29.9 Å². The highest BCUT2D eigenvalue weighted by Gasteiger charge is 2.40. The van der Waals surface area contributed by atoms with Gasteiger partial charge in [0.1, 0.15) is 17.8 Å². The lowest BCUT2D eigenvalue weighted by molar-refractivity contribution is -0.164. The van der Waals surface area contributed by atoms with Crippen molar-refractivity contribution < 1.29 is 19.1 Å². The molecular weight excluding hydrogens is 316 g/mol. The van der Waals surface area contributed by atoms with Crippen LogP contribution < -0.4 is 0 Å². The number of carbonyl (C=O) groups is 2. The molecule has 0 aromatic carbocycles. The van der Waals surface area contributed by atoms with E-state index in [0.717, 1.165) is 12.8 Å². The molecule has 0 amide bonds. The van der Waals surface area contributed by atoms with Crippen LogP contribution in [0.1, 0.15) is 67.2 Å². The topological polar surface area (TPSA) is 52.6 Å². The van der Waals surface area contributed by atoms with E-state index >= 15 is 0 Å². The summed E-state index contributed by atoms with van der Waals surface area (Å²) in [6, 6.07) is 0. The van der Waals surface area contributed by atoms with Crippen LogP contribution in [0.15, 0.2) is 11.8 Å². The van der Waals surface area contributed by atoms with Gasteiger partial charge in [-0.25, -0.2) is 0 Å². The zero-order valence-electron chi connectivity index (χ0n) is 16.6.